The topological polar surface area (TPSA) is 110 Å². The van der Waals surface area contributed by atoms with E-state index in [-0.39, 0.29) is 24.2 Å². The summed E-state index contributed by atoms with van der Waals surface area (Å²) in [5.74, 6) is -0.147. The average Bonchev–Trinajstić information content (AvgIpc) is 2.44. The minimum Gasteiger partial charge on any atom is -0.352 e. The predicted molar refractivity (Wildman–Crippen MR) is 93.3 cm³/mol. The van der Waals surface area contributed by atoms with Crippen molar-refractivity contribution in [2.45, 2.75) is 44.7 Å². The number of urea groups is 1. The second kappa shape index (κ2) is 8.17. The third kappa shape index (κ3) is 5.41. The standard InChI is InChI=1S/C16H24N4O2.ClH/c1-16(18)8-3-2-7-13(16)14(21)19-10-11-5-4-6-12(9-11)20-15(17)22;/h4-6,9,13H,2-3,7-8,10,18H2,1H3,(H,19,21)(H3,17,20,22);1H. The lowest BCUT2D eigenvalue weighted by molar-refractivity contribution is -0.128. The Morgan fingerprint density at radius 3 is 2.74 bits per heavy atom. The lowest BCUT2D eigenvalue weighted by atomic mass is 9.74. The van der Waals surface area contributed by atoms with Crippen LogP contribution >= 0.6 is 12.4 Å². The third-order valence-electron chi connectivity index (χ3n) is 4.23. The van der Waals surface area contributed by atoms with Crippen LogP contribution in [-0.4, -0.2) is 17.5 Å². The number of rotatable bonds is 4. The molecule has 0 heterocycles. The number of primary amides is 1. The Hall–Kier alpha value is -1.79. The van der Waals surface area contributed by atoms with Gasteiger partial charge < -0.3 is 22.1 Å². The Kier molecular flexibility index (Phi) is 6.84. The molecule has 2 atom stereocenters. The van der Waals surface area contributed by atoms with E-state index in [2.05, 4.69) is 10.6 Å². The van der Waals surface area contributed by atoms with Crippen molar-refractivity contribution in [2.75, 3.05) is 5.32 Å². The van der Waals surface area contributed by atoms with Crippen LogP contribution in [0.1, 0.15) is 38.2 Å². The molecule has 1 fully saturated rings. The van der Waals surface area contributed by atoms with E-state index >= 15 is 0 Å². The number of nitrogens with one attached hydrogen (secondary N) is 2. The number of carbonyl (C=O) groups is 2. The number of hydrogen-bond donors (Lipinski definition) is 4. The number of benzene rings is 1. The van der Waals surface area contributed by atoms with E-state index < -0.39 is 11.6 Å². The van der Waals surface area contributed by atoms with Crippen LogP contribution in [0, 0.1) is 5.92 Å². The molecule has 1 aromatic carbocycles. The molecule has 1 aliphatic rings. The Morgan fingerprint density at radius 2 is 2.09 bits per heavy atom. The van der Waals surface area contributed by atoms with Gasteiger partial charge in [-0.1, -0.05) is 25.0 Å². The normalized spacial score (nSPS) is 23.5. The molecule has 0 aromatic heterocycles. The molecule has 0 spiro atoms. The van der Waals surface area contributed by atoms with E-state index in [1.165, 1.54) is 0 Å². The maximum absolute atomic E-state index is 12.4. The Bertz CT molecular complexity index is 563. The number of amides is 3. The third-order valence-corrected chi connectivity index (χ3v) is 4.23. The van der Waals surface area contributed by atoms with Gasteiger partial charge in [-0.3, -0.25) is 4.79 Å². The SMILES string of the molecule is CC1(N)CCCCC1C(=O)NCc1cccc(NC(N)=O)c1.Cl. The van der Waals surface area contributed by atoms with Crippen LogP contribution in [0.15, 0.2) is 24.3 Å². The lowest BCUT2D eigenvalue weighted by Gasteiger charge is -2.37. The molecule has 23 heavy (non-hydrogen) atoms. The molecule has 1 aromatic rings. The molecule has 128 valence electrons. The van der Waals surface area contributed by atoms with Crippen molar-refractivity contribution in [3.63, 3.8) is 0 Å². The molecule has 6 N–H and O–H groups in total. The molecule has 2 unspecified atom stereocenters. The van der Waals surface area contributed by atoms with Crippen molar-refractivity contribution >= 4 is 30.0 Å². The van der Waals surface area contributed by atoms with Crippen LogP contribution in [0.25, 0.3) is 0 Å². The van der Waals surface area contributed by atoms with Crippen molar-refractivity contribution in [1.29, 1.82) is 0 Å². The number of carbonyl (C=O) groups excluding carboxylic acids is 2. The maximum Gasteiger partial charge on any atom is 0.316 e. The zero-order valence-electron chi connectivity index (χ0n) is 13.3. The van der Waals surface area contributed by atoms with Gasteiger partial charge in [0.1, 0.15) is 0 Å². The van der Waals surface area contributed by atoms with Gasteiger partial charge in [-0.25, -0.2) is 4.79 Å². The van der Waals surface area contributed by atoms with Crippen molar-refractivity contribution in [1.82, 2.24) is 5.32 Å². The van der Waals surface area contributed by atoms with Gasteiger partial charge in [0.05, 0.1) is 5.92 Å². The van der Waals surface area contributed by atoms with Gasteiger partial charge in [0.25, 0.3) is 0 Å². The summed E-state index contributed by atoms with van der Waals surface area (Å²) < 4.78 is 0. The summed E-state index contributed by atoms with van der Waals surface area (Å²) in [5, 5.41) is 5.46. The molecule has 6 nitrogen and oxygen atoms in total. The Labute approximate surface area is 142 Å². The lowest BCUT2D eigenvalue weighted by Crippen LogP contribution is -2.52. The van der Waals surface area contributed by atoms with Crippen molar-refractivity contribution in [3.8, 4) is 0 Å². The fraction of sp³-hybridized carbons (Fsp3) is 0.500. The summed E-state index contributed by atoms with van der Waals surface area (Å²) in [4.78, 5) is 23.2. The van der Waals surface area contributed by atoms with Crippen LogP contribution in [0.5, 0.6) is 0 Å². The van der Waals surface area contributed by atoms with Gasteiger partial charge in [0, 0.05) is 17.8 Å². The summed E-state index contributed by atoms with van der Waals surface area (Å²) in [7, 11) is 0. The highest BCUT2D eigenvalue weighted by atomic mass is 35.5. The Morgan fingerprint density at radius 1 is 1.35 bits per heavy atom. The fourth-order valence-corrected chi connectivity index (χ4v) is 3.00. The first-order valence-corrected chi connectivity index (χ1v) is 7.60. The van der Waals surface area contributed by atoms with E-state index in [1.54, 1.807) is 18.2 Å². The van der Waals surface area contributed by atoms with Gasteiger partial charge >= 0.3 is 6.03 Å². The monoisotopic (exact) mass is 340 g/mol. The largest absolute Gasteiger partial charge is 0.352 e. The first kappa shape index (κ1) is 19.3. The molecule has 1 aliphatic carbocycles. The highest BCUT2D eigenvalue weighted by molar-refractivity contribution is 5.87. The van der Waals surface area contributed by atoms with E-state index in [1.807, 2.05) is 13.0 Å². The summed E-state index contributed by atoms with van der Waals surface area (Å²) in [6.07, 6.45) is 3.84. The first-order chi connectivity index (χ1) is 10.4. The highest BCUT2D eigenvalue weighted by Gasteiger charge is 2.37. The quantitative estimate of drug-likeness (QED) is 0.673. The van der Waals surface area contributed by atoms with Gasteiger partial charge in [0.2, 0.25) is 5.91 Å². The molecule has 0 radical (unpaired) electrons. The minimum atomic E-state index is -0.609. The van der Waals surface area contributed by atoms with Gasteiger partial charge in [-0.2, -0.15) is 0 Å². The molecule has 1 saturated carbocycles. The molecule has 0 bridgehead atoms. The maximum atomic E-state index is 12.4. The van der Waals surface area contributed by atoms with E-state index in [9.17, 15) is 9.59 Å². The second-order valence-electron chi connectivity index (χ2n) is 6.21. The van der Waals surface area contributed by atoms with Gasteiger partial charge in [0.15, 0.2) is 0 Å². The number of hydrogen-bond acceptors (Lipinski definition) is 3. The molecular formula is C16H25ClN4O2. The van der Waals surface area contributed by atoms with Crippen LogP contribution in [0.3, 0.4) is 0 Å². The van der Waals surface area contributed by atoms with Gasteiger partial charge in [-0.05, 0) is 37.5 Å². The highest BCUT2D eigenvalue weighted by Crippen LogP contribution is 2.31. The minimum absolute atomic E-state index is 0. The van der Waals surface area contributed by atoms with Gasteiger partial charge in [-0.15, -0.1) is 12.4 Å². The number of nitrogens with two attached hydrogens (primary N) is 2. The Balaban J connectivity index is 0.00000264. The molecule has 7 heteroatoms. The average molecular weight is 341 g/mol. The molecule has 3 amide bonds. The summed E-state index contributed by atoms with van der Waals surface area (Å²) in [6.45, 7) is 2.35. The zero-order valence-corrected chi connectivity index (χ0v) is 14.1. The molecular weight excluding hydrogens is 316 g/mol. The van der Waals surface area contributed by atoms with Crippen LogP contribution in [0.4, 0.5) is 10.5 Å². The van der Waals surface area contributed by atoms with E-state index in [0.717, 1.165) is 31.2 Å². The van der Waals surface area contributed by atoms with Crippen LogP contribution < -0.4 is 22.1 Å². The van der Waals surface area contributed by atoms with E-state index in [0.29, 0.717) is 12.2 Å². The first-order valence-electron chi connectivity index (χ1n) is 7.60. The zero-order chi connectivity index (χ0) is 16.2. The second-order valence-corrected chi connectivity index (χ2v) is 6.21. The smallest absolute Gasteiger partial charge is 0.316 e. The summed E-state index contributed by atoms with van der Waals surface area (Å²) in [6, 6.07) is 6.61. The van der Waals surface area contributed by atoms with Crippen LogP contribution in [-0.2, 0) is 11.3 Å². The summed E-state index contributed by atoms with van der Waals surface area (Å²) in [5.41, 5.74) is 12.4. The molecule has 0 saturated heterocycles. The predicted octanol–water partition coefficient (Wildman–Crippen LogP) is 2.12. The van der Waals surface area contributed by atoms with Crippen molar-refractivity contribution < 1.29 is 9.59 Å². The summed E-state index contributed by atoms with van der Waals surface area (Å²) >= 11 is 0. The number of halogens is 1. The van der Waals surface area contributed by atoms with Crippen LogP contribution in [0.2, 0.25) is 0 Å². The molecule has 0 aliphatic heterocycles. The van der Waals surface area contributed by atoms with Crippen molar-refractivity contribution in [2.24, 2.45) is 17.4 Å². The van der Waals surface area contributed by atoms with E-state index in [4.69, 9.17) is 11.5 Å². The number of anilines is 1. The van der Waals surface area contributed by atoms with Crippen molar-refractivity contribution in [3.05, 3.63) is 29.8 Å². The fourth-order valence-electron chi connectivity index (χ4n) is 3.00. The molecule has 2 rings (SSSR count).